The average molecular weight is 216 g/mol. The molecule has 0 radical (unpaired) electrons. The molecule has 15 heavy (non-hydrogen) atoms. The molecule has 1 amide bonds. The van der Waals surface area contributed by atoms with E-state index in [1.54, 1.807) is 18.9 Å². The minimum Gasteiger partial charge on any atom is -0.394 e. The summed E-state index contributed by atoms with van der Waals surface area (Å²) in [5, 5.41) is 8.92. The van der Waals surface area contributed by atoms with Crippen LogP contribution in [0.3, 0.4) is 0 Å². The van der Waals surface area contributed by atoms with E-state index in [9.17, 15) is 4.79 Å². The maximum atomic E-state index is 11.7. The monoisotopic (exact) mass is 216 g/mol. The van der Waals surface area contributed by atoms with Crippen molar-refractivity contribution < 1.29 is 9.90 Å². The van der Waals surface area contributed by atoms with Crippen molar-refractivity contribution in [1.82, 2.24) is 4.90 Å². The maximum Gasteiger partial charge on any atom is 0.224 e. The Hall–Kier alpha value is -0.610. The SMILES string of the molecule is CC(CO)N(C)C(=O)CC(N)C(C)(C)C. The van der Waals surface area contributed by atoms with Crippen LogP contribution in [-0.4, -0.2) is 41.7 Å². The maximum absolute atomic E-state index is 11.7. The molecular weight excluding hydrogens is 192 g/mol. The lowest BCUT2D eigenvalue weighted by Crippen LogP contribution is -2.44. The highest BCUT2D eigenvalue weighted by Gasteiger charge is 2.25. The first-order valence-corrected chi connectivity index (χ1v) is 5.32. The fourth-order valence-electron chi connectivity index (χ4n) is 1.01. The van der Waals surface area contributed by atoms with Crippen LogP contribution in [0.25, 0.3) is 0 Å². The van der Waals surface area contributed by atoms with E-state index < -0.39 is 0 Å². The van der Waals surface area contributed by atoms with E-state index >= 15 is 0 Å². The summed E-state index contributed by atoms with van der Waals surface area (Å²) in [6, 6.07) is -0.303. The fraction of sp³-hybridized carbons (Fsp3) is 0.909. The van der Waals surface area contributed by atoms with E-state index in [1.165, 1.54) is 0 Å². The van der Waals surface area contributed by atoms with Gasteiger partial charge in [0.05, 0.1) is 12.6 Å². The number of hydrogen-bond donors (Lipinski definition) is 2. The highest BCUT2D eigenvalue weighted by Crippen LogP contribution is 2.20. The van der Waals surface area contributed by atoms with Crippen molar-refractivity contribution in [3.63, 3.8) is 0 Å². The first-order chi connectivity index (χ1) is 6.70. The minimum absolute atomic E-state index is 0.0148. The van der Waals surface area contributed by atoms with Gasteiger partial charge >= 0.3 is 0 Å². The lowest BCUT2D eigenvalue weighted by Gasteiger charge is -2.30. The van der Waals surface area contributed by atoms with Gasteiger partial charge in [0.25, 0.3) is 0 Å². The number of hydrogen-bond acceptors (Lipinski definition) is 3. The Labute approximate surface area is 92.4 Å². The molecular formula is C11H24N2O2. The van der Waals surface area contributed by atoms with Gasteiger partial charge in [0, 0.05) is 19.5 Å². The predicted molar refractivity (Wildman–Crippen MR) is 61.4 cm³/mol. The molecule has 0 aromatic carbocycles. The summed E-state index contributed by atoms with van der Waals surface area (Å²) < 4.78 is 0. The Balaban J connectivity index is 4.25. The molecule has 0 heterocycles. The summed E-state index contributed by atoms with van der Waals surface area (Å²) in [6.45, 7) is 7.83. The van der Waals surface area contributed by atoms with E-state index in [4.69, 9.17) is 10.8 Å². The molecule has 0 aliphatic heterocycles. The number of nitrogens with zero attached hydrogens (tertiary/aromatic N) is 1. The lowest BCUT2D eigenvalue weighted by atomic mass is 9.85. The van der Waals surface area contributed by atoms with Gasteiger partial charge in [-0.3, -0.25) is 4.79 Å². The highest BCUT2D eigenvalue weighted by molar-refractivity contribution is 5.76. The van der Waals surface area contributed by atoms with Crippen LogP contribution in [0.4, 0.5) is 0 Å². The predicted octanol–water partition coefficient (Wildman–Crippen LogP) is 0.589. The summed E-state index contributed by atoms with van der Waals surface area (Å²) in [7, 11) is 1.69. The number of carbonyl (C=O) groups excluding carboxylic acids is 1. The van der Waals surface area contributed by atoms with Gasteiger partial charge in [0.2, 0.25) is 5.91 Å². The highest BCUT2D eigenvalue weighted by atomic mass is 16.3. The zero-order valence-electron chi connectivity index (χ0n) is 10.4. The molecule has 0 aliphatic rings. The molecule has 4 heteroatoms. The van der Waals surface area contributed by atoms with Gasteiger partial charge in [-0.1, -0.05) is 20.8 Å². The topological polar surface area (TPSA) is 66.6 Å². The summed E-state index contributed by atoms with van der Waals surface area (Å²) >= 11 is 0. The molecule has 2 unspecified atom stereocenters. The van der Waals surface area contributed by atoms with E-state index in [-0.39, 0.29) is 30.0 Å². The second-order valence-electron chi connectivity index (χ2n) is 5.21. The van der Waals surface area contributed by atoms with Gasteiger partial charge in [-0.2, -0.15) is 0 Å². The zero-order chi connectivity index (χ0) is 12.2. The van der Waals surface area contributed by atoms with Gasteiger partial charge in [-0.15, -0.1) is 0 Å². The number of aliphatic hydroxyl groups is 1. The molecule has 0 bridgehead atoms. The zero-order valence-corrected chi connectivity index (χ0v) is 10.4. The number of aliphatic hydroxyl groups excluding tert-OH is 1. The fourth-order valence-corrected chi connectivity index (χ4v) is 1.01. The quantitative estimate of drug-likeness (QED) is 0.722. The number of amides is 1. The van der Waals surface area contributed by atoms with E-state index in [0.29, 0.717) is 6.42 Å². The summed E-state index contributed by atoms with van der Waals surface area (Å²) in [5.74, 6) is -0.0148. The van der Waals surface area contributed by atoms with E-state index in [0.717, 1.165) is 0 Å². The molecule has 0 saturated carbocycles. The third kappa shape index (κ3) is 4.62. The van der Waals surface area contributed by atoms with E-state index in [2.05, 4.69) is 0 Å². The first kappa shape index (κ1) is 14.4. The van der Waals surface area contributed by atoms with Crippen molar-refractivity contribution in [3.05, 3.63) is 0 Å². The molecule has 0 aromatic rings. The average Bonchev–Trinajstić information content (AvgIpc) is 2.13. The molecule has 4 nitrogen and oxygen atoms in total. The number of nitrogens with two attached hydrogens (primary N) is 1. The molecule has 0 rings (SSSR count). The van der Waals surface area contributed by atoms with Crippen LogP contribution in [0.1, 0.15) is 34.1 Å². The summed E-state index contributed by atoms with van der Waals surface area (Å²) in [6.07, 6.45) is 0.324. The molecule has 2 atom stereocenters. The lowest BCUT2D eigenvalue weighted by molar-refractivity contribution is -0.133. The number of rotatable bonds is 4. The van der Waals surface area contributed by atoms with Crippen molar-refractivity contribution in [2.75, 3.05) is 13.7 Å². The molecule has 0 saturated heterocycles. The van der Waals surface area contributed by atoms with Crippen LogP contribution in [0.15, 0.2) is 0 Å². The van der Waals surface area contributed by atoms with Crippen molar-refractivity contribution >= 4 is 5.91 Å². The minimum atomic E-state index is -0.154. The van der Waals surface area contributed by atoms with Gasteiger partial charge in [0.1, 0.15) is 0 Å². The first-order valence-electron chi connectivity index (χ1n) is 5.32. The van der Waals surface area contributed by atoms with Gasteiger partial charge in [0.15, 0.2) is 0 Å². The molecule has 0 spiro atoms. The third-order valence-corrected chi connectivity index (χ3v) is 2.83. The standard InChI is InChI=1S/C11H24N2O2/c1-8(7-14)13(5)10(15)6-9(12)11(2,3)4/h8-9,14H,6-7,12H2,1-5H3. The molecule has 0 fully saturated rings. The van der Waals surface area contributed by atoms with Gasteiger partial charge in [-0.25, -0.2) is 0 Å². The smallest absolute Gasteiger partial charge is 0.224 e. The van der Waals surface area contributed by atoms with Crippen LogP contribution in [0.5, 0.6) is 0 Å². The largest absolute Gasteiger partial charge is 0.394 e. The summed E-state index contributed by atoms with van der Waals surface area (Å²) in [5.41, 5.74) is 5.85. The van der Waals surface area contributed by atoms with Crippen LogP contribution < -0.4 is 5.73 Å². The van der Waals surface area contributed by atoms with Crippen LogP contribution in [-0.2, 0) is 4.79 Å². The Morgan fingerprint density at radius 2 is 1.93 bits per heavy atom. The third-order valence-electron chi connectivity index (χ3n) is 2.83. The van der Waals surface area contributed by atoms with Crippen molar-refractivity contribution in [3.8, 4) is 0 Å². The van der Waals surface area contributed by atoms with Crippen LogP contribution >= 0.6 is 0 Å². The second kappa shape index (κ2) is 5.47. The number of carbonyl (C=O) groups is 1. The van der Waals surface area contributed by atoms with Crippen molar-refractivity contribution in [2.45, 2.75) is 46.2 Å². The Kier molecular flexibility index (Phi) is 5.24. The van der Waals surface area contributed by atoms with Gasteiger partial charge in [-0.05, 0) is 12.3 Å². The normalized spacial score (nSPS) is 15.9. The van der Waals surface area contributed by atoms with Crippen LogP contribution in [0, 0.1) is 5.41 Å². The van der Waals surface area contributed by atoms with E-state index in [1.807, 2.05) is 20.8 Å². The Morgan fingerprint density at radius 1 is 1.47 bits per heavy atom. The molecule has 90 valence electrons. The number of likely N-dealkylation sites (N-methyl/N-ethyl adjacent to an activating group) is 1. The molecule has 0 aliphatic carbocycles. The second-order valence-corrected chi connectivity index (χ2v) is 5.21. The van der Waals surface area contributed by atoms with Crippen molar-refractivity contribution in [1.29, 1.82) is 0 Å². The van der Waals surface area contributed by atoms with Crippen LogP contribution in [0.2, 0.25) is 0 Å². The Morgan fingerprint density at radius 3 is 2.27 bits per heavy atom. The van der Waals surface area contributed by atoms with Gasteiger partial charge < -0.3 is 15.7 Å². The molecule has 0 aromatic heterocycles. The summed E-state index contributed by atoms with van der Waals surface area (Å²) in [4.78, 5) is 13.3. The molecule has 3 N–H and O–H groups in total. The Bertz CT molecular complexity index is 211. The van der Waals surface area contributed by atoms with Crippen molar-refractivity contribution in [2.24, 2.45) is 11.1 Å².